The maximum Gasteiger partial charge on any atom is 0.251 e. The van der Waals surface area contributed by atoms with E-state index in [0.717, 1.165) is 12.1 Å². The Morgan fingerprint density at radius 1 is 1.12 bits per heavy atom. The molecule has 0 spiro atoms. The summed E-state index contributed by atoms with van der Waals surface area (Å²) in [5.74, 6) is 0.600. The van der Waals surface area contributed by atoms with Crippen LogP contribution in [0.5, 0.6) is 0 Å². The van der Waals surface area contributed by atoms with Crippen LogP contribution in [0.2, 0.25) is 0 Å². The summed E-state index contributed by atoms with van der Waals surface area (Å²) in [6.45, 7) is 2.66. The van der Waals surface area contributed by atoms with Gasteiger partial charge in [-0.25, -0.2) is 14.4 Å². The first-order chi connectivity index (χ1) is 12.7. The van der Waals surface area contributed by atoms with Gasteiger partial charge in [0.15, 0.2) is 5.82 Å². The van der Waals surface area contributed by atoms with Gasteiger partial charge in [-0.3, -0.25) is 4.79 Å². The molecule has 0 fully saturated rings. The van der Waals surface area contributed by atoms with Crippen molar-refractivity contribution in [3.8, 4) is 11.4 Å². The molecular weight excluding hydrogens is 331 g/mol. The largest absolute Gasteiger partial charge is 0.352 e. The highest BCUT2D eigenvalue weighted by Crippen LogP contribution is 2.20. The molecule has 132 valence electrons. The van der Waals surface area contributed by atoms with Gasteiger partial charge in [-0.05, 0) is 48.9 Å². The van der Waals surface area contributed by atoms with Crippen molar-refractivity contribution >= 4 is 17.4 Å². The highest BCUT2D eigenvalue weighted by atomic mass is 19.1. The third kappa shape index (κ3) is 4.42. The van der Waals surface area contributed by atoms with Crippen molar-refractivity contribution < 1.29 is 9.18 Å². The Hall–Kier alpha value is -3.28. The van der Waals surface area contributed by atoms with E-state index in [1.807, 2.05) is 19.1 Å². The molecule has 5 nitrogen and oxygen atoms in total. The maximum atomic E-state index is 13.4. The molecule has 0 unspecified atom stereocenters. The summed E-state index contributed by atoms with van der Waals surface area (Å²) >= 11 is 0. The summed E-state index contributed by atoms with van der Waals surface area (Å²) in [4.78, 5) is 20.5. The van der Waals surface area contributed by atoms with Crippen LogP contribution < -0.4 is 10.6 Å². The molecular formula is C20H19FN4O. The molecule has 2 aromatic carbocycles. The second-order valence-electron chi connectivity index (χ2n) is 5.73. The molecule has 1 heterocycles. The zero-order valence-corrected chi connectivity index (χ0v) is 14.4. The number of rotatable bonds is 6. The first kappa shape index (κ1) is 17.5. The highest BCUT2D eigenvalue weighted by molar-refractivity contribution is 5.94. The quantitative estimate of drug-likeness (QED) is 0.700. The Morgan fingerprint density at radius 2 is 1.92 bits per heavy atom. The van der Waals surface area contributed by atoms with Crippen molar-refractivity contribution in [1.29, 1.82) is 0 Å². The Balaban J connectivity index is 1.73. The fourth-order valence-electron chi connectivity index (χ4n) is 2.39. The molecule has 0 bridgehead atoms. The maximum absolute atomic E-state index is 13.4. The van der Waals surface area contributed by atoms with Crippen LogP contribution in [0.25, 0.3) is 11.4 Å². The van der Waals surface area contributed by atoms with Crippen LogP contribution in [0.4, 0.5) is 15.9 Å². The number of anilines is 2. The lowest BCUT2D eigenvalue weighted by Crippen LogP contribution is -2.23. The van der Waals surface area contributed by atoms with Gasteiger partial charge >= 0.3 is 0 Å². The van der Waals surface area contributed by atoms with Crippen LogP contribution in [0.15, 0.2) is 60.8 Å². The number of nitrogens with zero attached hydrogens (tertiary/aromatic N) is 2. The fraction of sp³-hybridized carbons (Fsp3) is 0.150. The molecule has 0 saturated carbocycles. The van der Waals surface area contributed by atoms with E-state index in [2.05, 4.69) is 20.6 Å². The molecule has 0 radical (unpaired) electrons. The lowest BCUT2D eigenvalue weighted by atomic mass is 10.2. The summed E-state index contributed by atoms with van der Waals surface area (Å²) in [7, 11) is 0. The van der Waals surface area contributed by atoms with Gasteiger partial charge in [-0.15, -0.1) is 0 Å². The Labute approximate surface area is 151 Å². The molecule has 0 aliphatic carbocycles. The van der Waals surface area contributed by atoms with E-state index in [4.69, 9.17) is 0 Å². The van der Waals surface area contributed by atoms with Crippen molar-refractivity contribution in [2.45, 2.75) is 13.3 Å². The van der Waals surface area contributed by atoms with Gasteiger partial charge in [0, 0.05) is 29.6 Å². The second kappa shape index (κ2) is 8.20. The van der Waals surface area contributed by atoms with Crippen molar-refractivity contribution in [3.05, 3.63) is 72.2 Å². The first-order valence-corrected chi connectivity index (χ1v) is 8.40. The third-order valence-electron chi connectivity index (χ3n) is 3.69. The number of benzene rings is 2. The number of amides is 1. The third-order valence-corrected chi connectivity index (χ3v) is 3.69. The average molecular weight is 350 g/mol. The summed E-state index contributed by atoms with van der Waals surface area (Å²) in [5.41, 5.74) is 2.00. The number of carbonyl (C=O) groups is 1. The SMILES string of the molecule is CCCNC(=O)c1ccc(Nc2ccnc(-c3cccc(F)c3)n2)cc1. The van der Waals surface area contributed by atoms with Gasteiger partial charge in [0.25, 0.3) is 5.91 Å². The number of hydrogen-bond donors (Lipinski definition) is 2. The molecule has 0 atom stereocenters. The topological polar surface area (TPSA) is 66.9 Å². The Morgan fingerprint density at radius 3 is 2.65 bits per heavy atom. The van der Waals surface area contributed by atoms with Crippen LogP contribution in [-0.4, -0.2) is 22.4 Å². The van der Waals surface area contributed by atoms with Gasteiger partial charge < -0.3 is 10.6 Å². The molecule has 2 N–H and O–H groups in total. The average Bonchev–Trinajstić information content (AvgIpc) is 2.67. The molecule has 6 heteroatoms. The van der Waals surface area contributed by atoms with Gasteiger partial charge in [-0.1, -0.05) is 19.1 Å². The van der Waals surface area contributed by atoms with E-state index in [1.165, 1.54) is 12.1 Å². The van der Waals surface area contributed by atoms with E-state index < -0.39 is 0 Å². The predicted molar refractivity (Wildman–Crippen MR) is 99.8 cm³/mol. The van der Waals surface area contributed by atoms with Gasteiger partial charge in [0.05, 0.1) is 0 Å². The molecule has 0 aliphatic rings. The van der Waals surface area contributed by atoms with Crippen molar-refractivity contribution in [2.24, 2.45) is 0 Å². The van der Waals surface area contributed by atoms with Crippen molar-refractivity contribution in [1.82, 2.24) is 15.3 Å². The Kier molecular flexibility index (Phi) is 5.53. The fourth-order valence-corrected chi connectivity index (χ4v) is 2.39. The molecule has 1 amide bonds. The zero-order valence-electron chi connectivity index (χ0n) is 14.4. The first-order valence-electron chi connectivity index (χ1n) is 8.40. The van der Waals surface area contributed by atoms with E-state index in [0.29, 0.717) is 29.3 Å². The number of hydrogen-bond acceptors (Lipinski definition) is 4. The molecule has 3 aromatic rings. The number of halogens is 1. The molecule has 3 rings (SSSR count). The van der Waals surface area contributed by atoms with Crippen LogP contribution in [0.3, 0.4) is 0 Å². The van der Waals surface area contributed by atoms with E-state index in [-0.39, 0.29) is 11.7 Å². The summed E-state index contributed by atoms with van der Waals surface area (Å²) in [5, 5.41) is 6.00. The minimum Gasteiger partial charge on any atom is -0.352 e. The van der Waals surface area contributed by atoms with E-state index in [9.17, 15) is 9.18 Å². The van der Waals surface area contributed by atoms with Crippen LogP contribution >= 0.6 is 0 Å². The number of carbonyl (C=O) groups excluding carboxylic acids is 1. The number of aromatic nitrogens is 2. The molecule has 0 aliphatic heterocycles. The van der Waals surface area contributed by atoms with Crippen molar-refractivity contribution in [2.75, 3.05) is 11.9 Å². The minimum atomic E-state index is -0.332. The van der Waals surface area contributed by atoms with Gasteiger partial charge in [0.1, 0.15) is 11.6 Å². The Bertz CT molecular complexity index is 896. The summed E-state index contributed by atoms with van der Waals surface area (Å²) in [6.07, 6.45) is 2.51. The van der Waals surface area contributed by atoms with Gasteiger partial charge in [0.2, 0.25) is 0 Å². The predicted octanol–water partition coefficient (Wildman–Crippen LogP) is 4.17. The van der Waals surface area contributed by atoms with E-state index in [1.54, 1.807) is 36.5 Å². The molecule has 1 aromatic heterocycles. The lowest BCUT2D eigenvalue weighted by molar-refractivity contribution is 0.0953. The normalized spacial score (nSPS) is 10.4. The summed E-state index contributed by atoms with van der Waals surface area (Å²) in [6, 6.07) is 15.0. The monoisotopic (exact) mass is 350 g/mol. The van der Waals surface area contributed by atoms with Crippen molar-refractivity contribution in [3.63, 3.8) is 0 Å². The van der Waals surface area contributed by atoms with Gasteiger partial charge in [-0.2, -0.15) is 0 Å². The minimum absolute atomic E-state index is 0.0890. The van der Waals surface area contributed by atoms with Crippen LogP contribution in [0.1, 0.15) is 23.7 Å². The lowest BCUT2D eigenvalue weighted by Gasteiger charge is -2.08. The van der Waals surface area contributed by atoms with E-state index >= 15 is 0 Å². The van der Waals surface area contributed by atoms with Crippen LogP contribution in [0, 0.1) is 5.82 Å². The molecule has 0 saturated heterocycles. The highest BCUT2D eigenvalue weighted by Gasteiger charge is 2.06. The summed E-state index contributed by atoms with van der Waals surface area (Å²) < 4.78 is 13.4. The second-order valence-corrected chi connectivity index (χ2v) is 5.73. The standard InChI is InChI=1S/C20H19FN4O/c1-2-11-23-20(26)14-6-8-17(9-7-14)24-18-10-12-22-19(25-18)15-4-3-5-16(21)13-15/h3-10,12-13H,2,11H2,1H3,(H,23,26)(H,22,24,25). The zero-order chi connectivity index (χ0) is 18.4. The smallest absolute Gasteiger partial charge is 0.251 e. The van der Waals surface area contributed by atoms with Crippen LogP contribution in [-0.2, 0) is 0 Å². The number of nitrogens with one attached hydrogen (secondary N) is 2. The molecule has 26 heavy (non-hydrogen) atoms.